The van der Waals surface area contributed by atoms with Crippen LogP contribution in [0.15, 0.2) is 24.3 Å². The maximum atomic E-state index is 5.92. The molecule has 17 heavy (non-hydrogen) atoms. The van der Waals surface area contributed by atoms with E-state index in [1.54, 1.807) is 0 Å². The van der Waals surface area contributed by atoms with Crippen LogP contribution in [-0.4, -0.2) is 4.98 Å². The van der Waals surface area contributed by atoms with E-state index in [9.17, 15) is 0 Å². The summed E-state index contributed by atoms with van der Waals surface area (Å²) in [7, 11) is 0. The predicted molar refractivity (Wildman–Crippen MR) is 72.1 cm³/mol. The Morgan fingerprint density at radius 2 is 2.00 bits per heavy atom. The molecular formula is C15H20N2. The summed E-state index contributed by atoms with van der Waals surface area (Å²) in [6.07, 6.45) is 5.44. The van der Waals surface area contributed by atoms with Crippen LogP contribution in [0.4, 0.5) is 0 Å². The Kier molecular flexibility index (Phi) is 2.67. The van der Waals surface area contributed by atoms with E-state index in [-0.39, 0.29) is 6.04 Å². The number of nitrogens with one attached hydrogen (secondary N) is 1. The van der Waals surface area contributed by atoms with E-state index in [2.05, 4.69) is 29.2 Å². The van der Waals surface area contributed by atoms with Gasteiger partial charge in [0, 0.05) is 17.3 Å². The number of hydrogen-bond donors (Lipinski definition) is 2. The Labute approximate surface area is 102 Å². The molecule has 1 unspecified atom stereocenters. The number of hydrogen-bond acceptors (Lipinski definition) is 1. The van der Waals surface area contributed by atoms with Crippen molar-refractivity contribution in [3.8, 4) is 0 Å². The number of fused-ring (bicyclic) bond motifs is 1. The Hall–Kier alpha value is -1.28. The van der Waals surface area contributed by atoms with Crippen molar-refractivity contribution in [2.75, 3.05) is 0 Å². The average Bonchev–Trinajstić information content (AvgIpc) is 2.96. The van der Waals surface area contributed by atoms with Gasteiger partial charge >= 0.3 is 0 Å². The van der Waals surface area contributed by atoms with Gasteiger partial charge in [0.25, 0.3) is 0 Å². The lowest BCUT2D eigenvalue weighted by Gasteiger charge is -2.04. The van der Waals surface area contributed by atoms with Gasteiger partial charge in [-0.1, -0.05) is 18.9 Å². The molecule has 0 aliphatic heterocycles. The highest BCUT2D eigenvalue weighted by Gasteiger charge is 2.18. The molecule has 2 nitrogen and oxygen atoms in total. The number of aromatic nitrogens is 1. The molecule has 0 bridgehead atoms. The number of rotatable bonds is 2. The second kappa shape index (κ2) is 4.19. The molecule has 1 aromatic carbocycles. The summed E-state index contributed by atoms with van der Waals surface area (Å²) in [5.74, 6) is 0.751. The summed E-state index contributed by atoms with van der Waals surface area (Å²) in [6, 6.07) is 8.94. The quantitative estimate of drug-likeness (QED) is 0.805. The smallest absolute Gasteiger partial charge is 0.0456 e. The zero-order chi connectivity index (χ0) is 11.8. The monoisotopic (exact) mass is 228 g/mol. The van der Waals surface area contributed by atoms with Crippen molar-refractivity contribution in [1.29, 1.82) is 0 Å². The van der Waals surface area contributed by atoms with Crippen LogP contribution in [0, 0.1) is 0 Å². The van der Waals surface area contributed by atoms with Crippen LogP contribution in [-0.2, 0) is 0 Å². The minimum absolute atomic E-state index is 0.115. The van der Waals surface area contributed by atoms with Crippen LogP contribution >= 0.6 is 0 Å². The average molecular weight is 228 g/mol. The summed E-state index contributed by atoms with van der Waals surface area (Å²) in [4.78, 5) is 3.56. The molecule has 0 radical (unpaired) electrons. The van der Waals surface area contributed by atoms with E-state index in [4.69, 9.17) is 5.73 Å². The van der Waals surface area contributed by atoms with E-state index >= 15 is 0 Å². The fourth-order valence-electron chi connectivity index (χ4n) is 2.91. The first kappa shape index (κ1) is 10.8. The van der Waals surface area contributed by atoms with Crippen molar-refractivity contribution < 1.29 is 0 Å². The van der Waals surface area contributed by atoms with Crippen LogP contribution in [0.2, 0.25) is 0 Å². The van der Waals surface area contributed by atoms with E-state index in [0.717, 1.165) is 5.92 Å². The van der Waals surface area contributed by atoms with Crippen LogP contribution < -0.4 is 5.73 Å². The molecule has 0 saturated heterocycles. The first-order valence-corrected chi connectivity index (χ1v) is 6.62. The number of H-pyrrole nitrogens is 1. The zero-order valence-corrected chi connectivity index (χ0v) is 10.4. The summed E-state index contributed by atoms with van der Waals surface area (Å²) in [5, 5.41) is 1.31. The second-order valence-electron chi connectivity index (χ2n) is 5.34. The second-order valence-corrected chi connectivity index (χ2v) is 5.34. The van der Waals surface area contributed by atoms with Gasteiger partial charge in [0.05, 0.1) is 0 Å². The fourth-order valence-corrected chi connectivity index (χ4v) is 2.91. The third-order valence-corrected chi connectivity index (χ3v) is 3.99. The van der Waals surface area contributed by atoms with Crippen molar-refractivity contribution in [2.24, 2.45) is 5.73 Å². The fraction of sp³-hybridized carbons (Fsp3) is 0.467. The largest absolute Gasteiger partial charge is 0.358 e. The summed E-state index contributed by atoms with van der Waals surface area (Å²) >= 11 is 0. The molecule has 1 aliphatic carbocycles. The highest BCUT2D eigenvalue weighted by molar-refractivity contribution is 5.81. The van der Waals surface area contributed by atoms with E-state index in [1.807, 2.05) is 6.92 Å². The molecular weight excluding hydrogens is 208 g/mol. The van der Waals surface area contributed by atoms with Crippen molar-refractivity contribution in [3.05, 3.63) is 35.5 Å². The molecule has 0 spiro atoms. The van der Waals surface area contributed by atoms with E-state index in [0.29, 0.717) is 0 Å². The van der Waals surface area contributed by atoms with Gasteiger partial charge in [-0.2, -0.15) is 0 Å². The lowest BCUT2D eigenvalue weighted by atomic mass is 10.0. The topological polar surface area (TPSA) is 41.8 Å². The molecule has 0 amide bonds. The van der Waals surface area contributed by atoms with Crippen molar-refractivity contribution >= 4 is 10.9 Å². The molecule has 3 rings (SSSR count). The Balaban J connectivity index is 2.00. The molecule has 3 N–H and O–H groups in total. The molecule has 1 atom stereocenters. The standard InChI is InChI=1S/C15H20N2/c1-10(16)12-6-7-14-13(8-12)9-15(17-14)11-4-2-3-5-11/h6-11,17H,2-5,16H2,1H3. The van der Waals surface area contributed by atoms with Crippen LogP contribution in [0.5, 0.6) is 0 Å². The third kappa shape index (κ3) is 1.98. The van der Waals surface area contributed by atoms with Crippen LogP contribution in [0.3, 0.4) is 0 Å². The number of aromatic amines is 1. The minimum atomic E-state index is 0.115. The van der Waals surface area contributed by atoms with E-state index < -0.39 is 0 Å². The summed E-state index contributed by atoms with van der Waals surface area (Å²) < 4.78 is 0. The SMILES string of the molecule is CC(N)c1ccc2[nH]c(C3CCCC3)cc2c1. The highest BCUT2D eigenvalue weighted by atomic mass is 14.7. The molecule has 90 valence electrons. The lowest BCUT2D eigenvalue weighted by Crippen LogP contribution is -2.04. The molecule has 2 aromatic rings. The van der Waals surface area contributed by atoms with Gasteiger partial charge in [0.2, 0.25) is 0 Å². The van der Waals surface area contributed by atoms with Crippen molar-refractivity contribution in [1.82, 2.24) is 4.98 Å². The van der Waals surface area contributed by atoms with Crippen molar-refractivity contribution in [3.63, 3.8) is 0 Å². The van der Waals surface area contributed by atoms with Crippen LogP contribution in [0.1, 0.15) is 55.8 Å². The lowest BCUT2D eigenvalue weighted by molar-refractivity contribution is 0.705. The van der Waals surface area contributed by atoms with Crippen molar-refractivity contribution in [2.45, 2.75) is 44.6 Å². The molecule has 1 aliphatic rings. The van der Waals surface area contributed by atoms with Crippen LogP contribution in [0.25, 0.3) is 10.9 Å². The molecule has 1 fully saturated rings. The van der Waals surface area contributed by atoms with Gasteiger partial charge in [-0.05, 0) is 54.8 Å². The highest BCUT2D eigenvalue weighted by Crippen LogP contribution is 2.35. The summed E-state index contributed by atoms with van der Waals surface area (Å²) in [6.45, 7) is 2.03. The molecule has 1 saturated carbocycles. The maximum Gasteiger partial charge on any atom is 0.0456 e. The van der Waals surface area contributed by atoms with E-state index in [1.165, 1.54) is 47.8 Å². The van der Waals surface area contributed by atoms with Gasteiger partial charge in [0.15, 0.2) is 0 Å². The van der Waals surface area contributed by atoms with Gasteiger partial charge in [0.1, 0.15) is 0 Å². The predicted octanol–water partition coefficient (Wildman–Crippen LogP) is 3.85. The first-order chi connectivity index (χ1) is 8.24. The third-order valence-electron chi connectivity index (χ3n) is 3.99. The Bertz CT molecular complexity index is 519. The molecule has 2 heteroatoms. The molecule has 1 aromatic heterocycles. The normalized spacial score (nSPS) is 18.9. The number of benzene rings is 1. The maximum absolute atomic E-state index is 5.92. The Morgan fingerprint density at radius 3 is 2.71 bits per heavy atom. The summed E-state index contributed by atoms with van der Waals surface area (Å²) in [5.41, 5.74) is 9.80. The van der Waals surface area contributed by atoms with Gasteiger partial charge in [-0.15, -0.1) is 0 Å². The minimum Gasteiger partial charge on any atom is -0.358 e. The van der Waals surface area contributed by atoms with Gasteiger partial charge in [-0.3, -0.25) is 0 Å². The first-order valence-electron chi connectivity index (χ1n) is 6.62. The Morgan fingerprint density at radius 1 is 1.24 bits per heavy atom. The number of nitrogens with two attached hydrogens (primary N) is 1. The molecule has 1 heterocycles. The van der Waals surface area contributed by atoms with Gasteiger partial charge in [-0.25, -0.2) is 0 Å². The zero-order valence-electron chi connectivity index (χ0n) is 10.4. The van der Waals surface area contributed by atoms with Gasteiger partial charge < -0.3 is 10.7 Å².